The number of amides is 1. The lowest BCUT2D eigenvalue weighted by Crippen LogP contribution is -2.15. The van der Waals surface area contributed by atoms with Gasteiger partial charge in [-0.15, -0.1) is 5.10 Å². The molecule has 4 rings (SSSR count). The molecule has 3 aromatic rings. The Morgan fingerprint density at radius 2 is 1.96 bits per heavy atom. The molecule has 1 aliphatic rings. The molecule has 0 atom stereocenters. The lowest BCUT2D eigenvalue weighted by Gasteiger charge is -2.18. The van der Waals surface area contributed by atoms with Gasteiger partial charge < -0.3 is 18.3 Å². The number of aromatic nitrogens is 2. The third kappa shape index (κ3) is 2.61. The summed E-state index contributed by atoms with van der Waals surface area (Å²) >= 11 is 0. The molecule has 0 aliphatic carbocycles. The minimum absolute atomic E-state index is 0.0173. The number of rotatable bonds is 3. The van der Waals surface area contributed by atoms with E-state index < -0.39 is 5.91 Å². The maximum Gasteiger partial charge on any atom is 0.322 e. The molecular formula is C15H11N3O5. The Bertz CT molecular complexity index is 841. The lowest BCUT2D eigenvalue weighted by molar-refractivity contribution is 0.0994. The summed E-state index contributed by atoms with van der Waals surface area (Å²) in [5, 5.41) is 10.2. The van der Waals surface area contributed by atoms with Gasteiger partial charge in [0.2, 0.25) is 5.89 Å². The van der Waals surface area contributed by atoms with Crippen LogP contribution in [-0.4, -0.2) is 29.3 Å². The van der Waals surface area contributed by atoms with Gasteiger partial charge in [0.15, 0.2) is 17.3 Å². The molecule has 116 valence electrons. The molecule has 2 aromatic heterocycles. The van der Waals surface area contributed by atoms with Crippen LogP contribution in [0, 0.1) is 0 Å². The van der Waals surface area contributed by atoms with Gasteiger partial charge >= 0.3 is 6.01 Å². The molecule has 1 N–H and O–H groups in total. The first-order valence-electron chi connectivity index (χ1n) is 6.88. The van der Waals surface area contributed by atoms with Crippen molar-refractivity contribution in [2.45, 2.75) is 0 Å². The van der Waals surface area contributed by atoms with E-state index in [0.717, 1.165) is 0 Å². The van der Waals surface area contributed by atoms with Gasteiger partial charge in [-0.3, -0.25) is 10.1 Å². The Labute approximate surface area is 130 Å². The zero-order valence-corrected chi connectivity index (χ0v) is 11.8. The summed E-state index contributed by atoms with van der Waals surface area (Å²) in [7, 11) is 0. The molecule has 0 radical (unpaired) electrons. The molecule has 0 spiro atoms. The van der Waals surface area contributed by atoms with E-state index in [1.54, 1.807) is 24.3 Å². The topological polar surface area (TPSA) is 99.6 Å². The van der Waals surface area contributed by atoms with Crippen LogP contribution in [0.1, 0.15) is 10.6 Å². The number of hydrogen-bond donors (Lipinski definition) is 1. The molecule has 3 heterocycles. The van der Waals surface area contributed by atoms with Gasteiger partial charge in [0.25, 0.3) is 5.91 Å². The van der Waals surface area contributed by atoms with Crippen molar-refractivity contribution in [2.75, 3.05) is 18.5 Å². The fourth-order valence-corrected chi connectivity index (χ4v) is 2.13. The minimum atomic E-state index is -0.465. The number of carbonyl (C=O) groups excluding carboxylic acids is 1. The number of carbonyl (C=O) groups is 1. The second kappa shape index (κ2) is 5.48. The first-order chi connectivity index (χ1) is 11.3. The third-order valence-electron chi connectivity index (χ3n) is 3.18. The summed E-state index contributed by atoms with van der Waals surface area (Å²) in [6.45, 7) is 1.01. The van der Waals surface area contributed by atoms with Crippen molar-refractivity contribution < 1.29 is 23.1 Å². The van der Waals surface area contributed by atoms with Gasteiger partial charge in [-0.25, -0.2) is 0 Å². The monoisotopic (exact) mass is 313 g/mol. The normalized spacial score (nSPS) is 12.9. The van der Waals surface area contributed by atoms with Crippen molar-refractivity contribution >= 4 is 11.9 Å². The second-order valence-corrected chi connectivity index (χ2v) is 4.70. The molecule has 8 heteroatoms. The Kier molecular flexibility index (Phi) is 3.19. The fraction of sp³-hybridized carbons (Fsp3) is 0.133. The van der Waals surface area contributed by atoms with E-state index >= 15 is 0 Å². The smallest absolute Gasteiger partial charge is 0.322 e. The predicted octanol–water partition coefficient (Wildman–Crippen LogP) is 2.35. The number of furan rings is 1. The van der Waals surface area contributed by atoms with Crippen molar-refractivity contribution in [1.82, 2.24) is 10.2 Å². The Balaban J connectivity index is 1.55. The van der Waals surface area contributed by atoms with Gasteiger partial charge in [0.05, 0.1) is 6.26 Å². The second-order valence-electron chi connectivity index (χ2n) is 4.70. The van der Waals surface area contributed by atoms with Crippen molar-refractivity contribution in [3.63, 3.8) is 0 Å². The van der Waals surface area contributed by atoms with E-state index in [1.165, 1.54) is 12.3 Å². The van der Waals surface area contributed by atoms with Crippen LogP contribution in [0.4, 0.5) is 6.01 Å². The molecule has 8 nitrogen and oxygen atoms in total. The van der Waals surface area contributed by atoms with Crippen LogP contribution in [0.5, 0.6) is 11.5 Å². The fourth-order valence-electron chi connectivity index (χ4n) is 2.13. The quantitative estimate of drug-likeness (QED) is 0.792. The maximum absolute atomic E-state index is 11.8. The largest absolute Gasteiger partial charge is 0.486 e. The third-order valence-corrected chi connectivity index (χ3v) is 3.18. The molecule has 0 unspecified atom stereocenters. The molecule has 0 saturated heterocycles. The predicted molar refractivity (Wildman–Crippen MR) is 77.4 cm³/mol. The highest BCUT2D eigenvalue weighted by atomic mass is 16.6. The molecule has 1 aliphatic heterocycles. The summed E-state index contributed by atoms with van der Waals surface area (Å²) in [6.07, 6.45) is 1.41. The number of fused-ring (bicyclic) bond motifs is 1. The lowest BCUT2D eigenvalue weighted by atomic mass is 10.2. The first-order valence-corrected chi connectivity index (χ1v) is 6.88. The van der Waals surface area contributed by atoms with Crippen molar-refractivity contribution in [2.24, 2.45) is 0 Å². The van der Waals surface area contributed by atoms with Gasteiger partial charge in [-0.1, -0.05) is 5.10 Å². The minimum Gasteiger partial charge on any atom is -0.486 e. The molecule has 0 fully saturated rings. The Morgan fingerprint density at radius 1 is 1.09 bits per heavy atom. The van der Waals surface area contributed by atoms with E-state index in [9.17, 15) is 4.79 Å². The van der Waals surface area contributed by atoms with Gasteiger partial charge in [0.1, 0.15) is 13.2 Å². The van der Waals surface area contributed by atoms with Crippen molar-refractivity contribution in [3.8, 4) is 23.0 Å². The first kappa shape index (κ1) is 13.4. The summed E-state index contributed by atoms with van der Waals surface area (Å²) < 4.78 is 21.4. The van der Waals surface area contributed by atoms with Crippen LogP contribution in [0.3, 0.4) is 0 Å². The standard InChI is InChI=1S/C15H11N3O5/c19-13(11-2-1-5-20-11)16-15-18-17-14(23-15)9-3-4-10-12(8-9)22-7-6-21-10/h1-5,8H,6-7H2,(H,16,18,19). The highest BCUT2D eigenvalue weighted by molar-refractivity contribution is 6.00. The molecular weight excluding hydrogens is 302 g/mol. The van der Waals surface area contributed by atoms with E-state index in [4.69, 9.17) is 18.3 Å². The van der Waals surface area contributed by atoms with Gasteiger partial charge in [0, 0.05) is 5.56 Å². The number of nitrogens with one attached hydrogen (secondary N) is 1. The van der Waals surface area contributed by atoms with E-state index in [-0.39, 0.29) is 17.7 Å². The molecule has 0 saturated carbocycles. The van der Waals surface area contributed by atoms with Crippen molar-refractivity contribution in [3.05, 3.63) is 42.4 Å². The van der Waals surface area contributed by atoms with E-state index in [0.29, 0.717) is 30.3 Å². The summed E-state index contributed by atoms with van der Waals surface area (Å²) in [5.41, 5.74) is 0.667. The van der Waals surface area contributed by atoms with E-state index in [1.807, 2.05) is 0 Å². The number of ether oxygens (including phenoxy) is 2. The average molecular weight is 313 g/mol. The van der Waals surface area contributed by atoms with Crippen LogP contribution >= 0.6 is 0 Å². The number of nitrogens with zero attached hydrogens (tertiary/aromatic N) is 2. The van der Waals surface area contributed by atoms with Gasteiger partial charge in [-0.05, 0) is 30.3 Å². The summed E-state index contributed by atoms with van der Waals surface area (Å²) in [6, 6.07) is 8.43. The number of benzene rings is 1. The molecule has 1 aromatic carbocycles. The van der Waals surface area contributed by atoms with Crippen LogP contribution in [0.2, 0.25) is 0 Å². The van der Waals surface area contributed by atoms with Crippen LogP contribution in [0.15, 0.2) is 45.4 Å². The Morgan fingerprint density at radius 3 is 2.78 bits per heavy atom. The number of anilines is 1. The molecule has 1 amide bonds. The summed E-state index contributed by atoms with van der Waals surface area (Å²) in [4.78, 5) is 11.8. The van der Waals surface area contributed by atoms with E-state index in [2.05, 4.69) is 15.5 Å². The molecule has 23 heavy (non-hydrogen) atoms. The van der Waals surface area contributed by atoms with Gasteiger partial charge in [-0.2, -0.15) is 0 Å². The summed E-state index contributed by atoms with van der Waals surface area (Å²) in [5.74, 6) is 1.24. The van der Waals surface area contributed by atoms with Crippen LogP contribution in [-0.2, 0) is 0 Å². The average Bonchev–Trinajstić information content (AvgIpc) is 3.26. The van der Waals surface area contributed by atoms with Crippen LogP contribution < -0.4 is 14.8 Å². The highest BCUT2D eigenvalue weighted by Crippen LogP contribution is 2.34. The number of hydrogen-bond acceptors (Lipinski definition) is 7. The zero-order chi connectivity index (χ0) is 15.6. The molecule has 0 bridgehead atoms. The Hall–Kier alpha value is -3.29. The van der Waals surface area contributed by atoms with Crippen LogP contribution in [0.25, 0.3) is 11.5 Å². The van der Waals surface area contributed by atoms with Crippen molar-refractivity contribution in [1.29, 1.82) is 0 Å². The highest BCUT2D eigenvalue weighted by Gasteiger charge is 2.17. The zero-order valence-electron chi connectivity index (χ0n) is 11.8. The maximum atomic E-state index is 11.8. The SMILES string of the molecule is O=C(Nc1nnc(-c2ccc3c(c2)OCCO3)o1)c1ccco1.